The second-order valence-corrected chi connectivity index (χ2v) is 11.6. The van der Waals surface area contributed by atoms with Crippen molar-refractivity contribution in [3.8, 4) is 22.6 Å². The van der Waals surface area contributed by atoms with Gasteiger partial charge in [0.25, 0.3) is 0 Å². The molecule has 1 N–H and O–H groups in total. The summed E-state index contributed by atoms with van der Waals surface area (Å²) in [4.78, 5) is 12.6. The first kappa shape index (κ1) is 29.9. The van der Waals surface area contributed by atoms with E-state index in [-0.39, 0.29) is 30.4 Å². The SMILES string of the molecule is COc1cc(OC(=O)CCc2ccccc2)ccc1-c1ccc2c(c1COC1=C(C)CC=CC(F)=C1)C(C)=CC(C)(C)N2. The number of allylic oxidation sites excluding steroid dienone is 6. The minimum Gasteiger partial charge on any atom is -0.496 e. The molecule has 0 aromatic heterocycles. The van der Waals surface area contributed by atoms with Crippen molar-refractivity contribution < 1.29 is 23.4 Å². The topological polar surface area (TPSA) is 56.8 Å². The number of aryl methyl sites for hydroxylation is 1. The van der Waals surface area contributed by atoms with Gasteiger partial charge in [0, 0.05) is 40.9 Å². The lowest BCUT2D eigenvalue weighted by Crippen LogP contribution is -2.32. The number of hydrogen-bond acceptors (Lipinski definition) is 5. The molecule has 3 aromatic carbocycles. The molecule has 6 heteroatoms. The van der Waals surface area contributed by atoms with Crippen molar-refractivity contribution >= 4 is 17.2 Å². The van der Waals surface area contributed by atoms with Gasteiger partial charge in [-0.05, 0) is 87.1 Å². The summed E-state index contributed by atoms with van der Waals surface area (Å²) in [6, 6.07) is 19.4. The molecule has 3 aromatic rings. The molecule has 0 radical (unpaired) electrons. The number of carbonyl (C=O) groups excluding carboxylic acids is 1. The standard InChI is InChI=1S/C37H38FNO4/c1-24-10-9-13-27(38)20-33(24)42-23-31-29(17-18-32-36(31)25(2)22-37(3,4)39-32)30-16-15-28(21-34(30)41-5)43-35(40)19-14-26-11-7-6-8-12-26/h6-9,11-13,15-18,20-22,39H,10,14,19,23H2,1-5H3. The van der Waals surface area contributed by atoms with Crippen LogP contribution < -0.4 is 14.8 Å². The van der Waals surface area contributed by atoms with Crippen molar-refractivity contribution in [2.24, 2.45) is 0 Å². The van der Waals surface area contributed by atoms with E-state index in [1.807, 2.05) is 43.3 Å². The Labute approximate surface area is 253 Å². The summed E-state index contributed by atoms with van der Waals surface area (Å²) in [6.07, 6.45) is 8.41. The van der Waals surface area contributed by atoms with E-state index < -0.39 is 0 Å². The first-order valence-electron chi connectivity index (χ1n) is 14.6. The first-order chi connectivity index (χ1) is 20.6. The monoisotopic (exact) mass is 579 g/mol. The summed E-state index contributed by atoms with van der Waals surface area (Å²) >= 11 is 0. The number of benzene rings is 3. The smallest absolute Gasteiger partial charge is 0.311 e. The largest absolute Gasteiger partial charge is 0.496 e. The highest BCUT2D eigenvalue weighted by Crippen LogP contribution is 2.43. The van der Waals surface area contributed by atoms with Gasteiger partial charge < -0.3 is 19.5 Å². The molecule has 0 amide bonds. The molecule has 0 atom stereocenters. The molecule has 43 heavy (non-hydrogen) atoms. The number of ether oxygens (including phenoxy) is 3. The van der Waals surface area contributed by atoms with Gasteiger partial charge >= 0.3 is 5.97 Å². The van der Waals surface area contributed by atoms with Crippen LogP contribution in [-0.4, -0.2) is 18.6 Å². The number of carbonyl (C=O) groups is 1. The summed E-state index contributed by atoms with van der Waals surface area (Å²) in [5.74, 6) is 0.873. The predicted molar refractivity (Wildman–Crippen MR) is 171 cm³/mol. The van der Waals surface area contributed by atoms with Gasteiger partial charge in [-0.3, -0.25) is 4.79 Å². The number of nitrogens with one attached hydrogen (secondary N) is 1. The molecule has 1 aliphatic heterocycles. The fraction of sp³-hybridized carbons (Fsp3) is 0.270. The van der Waals surface area contributed by atoms with Gasteiger partial charge in [-0.2, -0.15) is 0 Å². The summed E-state index contributed by atoms with van der Waals surface area (Å²) in [5.41, 5.74) is 7.71. The van der Waals surface area contributed by atoms with Gasteiger partial charge in [0.2, 0.25) is 0 Å². The maximum atomic E-state index is 14.3. The highest BCUT2D eigenvalue weighted by Gasteiger charge is 2.27. The Morgan fingerprint density at radius 1 is 1.02 bits per heavy atom. The molecular formula is C37H38FNO4. The van der Waals surface area contributed by atoms with Crippen LogP contribution in [0.1, 0.15) is 57.2 Å². The van der Waals surface area contributed by atoms with E-state index in [1.165, 1.54) is 12.2 Å². The van der Waals surface area contributed by atoms with Crippen LogP contribution in [0, 0.1) is 0 Å². The van der Waals surface area contributed by atoms with Crippen molar-refractivity contribution in [2.75, 3.05) is 12.4 Å². The summed E-state index contributed by atoms with van der Waals surface area (Å²) in [7, 11) is 1.60. The van der Waals surface area contributed by atoms with E-state index in [4.69, 9.17) is 14.2 Å². The Bertz CT molecular complexity index is 1650. The molecule has 0 fully saturated rings. The number of anilines is 1. The van der Waals surface area contributed by atoms with E-state index in [9.17, 15) is 9.18 Å². The number of hydrogen-bond donors (Lipinski definition) is 1. The van der Waals surface area contributed by atoms with Crippen molar-refractivity contribution in [3.05, 3.63) is 119 Å². The lowest BCUT2D eigenvalue weighted by molar-refractivity contribution is -0.134. The van der Waals surface area contributed by atoms with E-state index >= 15 is 0 Å². The highest BCUT2D eigenvalue weighted by atomic mass is 19.1. The van der Waals surface area contributed by atoms with E-state index in [2.05, 4.69) is 44.3 Å². The van der Waals surface area contributed by atoms with Gasteiger partial charge in [0.15, 0.2) is 0 Å². The average molecular weight is 580 g/mol. The summed E-state index contributed by atoms with van der Waals surface area (Å²) < 4.78 is 32.1. The Hall–Kier alpha value is -4.58. The molecule has 0 saturated carbocycles. The van der Waals surface area contributed by atoms with Crippen LogP contribution in [0.15, 0.2) is 102 Å². The van der Waals surface area contributed by atoms with Gasteiger partial charge in [-0.1, -0.05) is 48.6 Å². The lowest BCUT2D eigenvalue weighted by Gasteiger charge is -2.33. The number of methoxy groups -OCH3 is 1. The minimum atomic E-state index is -0.336. The van der Waals surface area contributed by atoms with Crippen molar-refractivity contribution in [3.63, 3.8) is 0 Å². The first-order valence-corrected chi connectivity index (χ1v) is 14.6. The van der Waals surface area contributed by atoms with Crippen molar-refractivity contribution in [1.82, 2.24) is 0 Å². The summed E-state index contributed by atoms with van der Waals surface area (Å²) in [5, 5.41) is 3.62. The maximum absolute atomic E-state index is 14.3. The molecule has 0 saturated heterocycles. The number of esters is 1. The third-order valence-corrected chi connectivity index (χ3v) is 7.66. The van der Waals surface area contributed by atoms with Crippen LogP contribution in [-0.2, 0) is 22.6 Å². The molecule has 2 aliphatic rings. The fourth-order valence-corrected chi connectivity index (χ4v) is 5.69. The molecule has 5 nitrogen and oxygen atoms in total. The van der Waals surface area contributed by atoms with E-state index in [1.54, 1.807) is 25.3 Å². The molecule has 0 unspecified atom stereocenters. The predicted octanol–water partition coefficient (Wildman–Crippen LogP) is 9.11. The second kappa shape index (κ2) is 12.7. The molecule has 222 valence electrons. The Morgan fingerprint density at radius 3 is 2.56 bits per heavy atom. The zero-order valence-electron chi connectivity index (χ0n) is 25.4. The molecule has 0 spiro atoms. The third-order valence-electron chi connectivity index (χ3n) is 7.66. The molecule has 0 bridgehead atoms. The van der Waals surface area contributed by atoms with E-state index in [0.29, 0.717) is 30.1 Å². The zero-order valence-corrected chi connectivity index (χ0v) is 25.4. The zero-order chi connectivity index (χ0) is 30.6. The van der Waals surface area contributed by atoms with Crippen molar-refractivity contribution in [1.29, 1.82) is 0 Å². The average Bonchev–Trinajstić information content (AvgIpc) is 3.13. The van der Waals surface area contributed by atoms with Gasteiger partial charge in [-0.25, -0.2) is 4.39 Å². The van der Waals surface area contributed by atoms with Crippen molar-refractivity contribution in [2.45, 2.75) is 59.1 Å². The summed E-state index contributed by atoms with van der Waals surface area (Å²) in [6.45, 7) is 8.54. The molecular weight excluding hydrogens is 541 g/mol. The molecule has 1 heterocycles. The highest BCUT2D eigenvalue weighted by molar-refractivity contribution is 5.88. The molecule has 5 rings (SSSR count). The second-order valence-electron chi connectivity index (χ2n) is 11.6. The van der Waals surface area contributed by atoms with Crippen LogP contribution in [0.3, 0.4) is 0 Å². The van der Waals surface area contributed by atoms with Gasteiger partial charge in [-0.15, -0.1) is 0 Å². The number of rotatable bonds is 9. The van der Waals surface area contributed by atoms with Crippen LogP contribution in [0.25, 0.3) is 16.7 Å². The van der Waals surface area contributed by atoms with Gasteiger partial charge in [0.1, 0.15) is 29.7 Å². The van der Waals surface area contributed by atoms with Crippen LogP contribution >= 0.6 is 0 Å². The van der Waals surface area contributed by atoms with Crippen LogP contribution in [0.5, 0.6) is 11.5 Å². The number of fused-ring (bicyclic) bond motifs is 1. The Balaban J connectivity index is 1.48. The lowest BCUT2D eigenvalue weighted by atomic mass is 9.85. The van der Waals surface area contributed by atoms with Gasteiger partial charge in [0.05, 0.1) is 12.6 Å². The Morgan fingerprint density at radius 2 is 1.79 bits per heavy atom. The quantitative estimate of drug-likeness (QED) is 0.202. The minimum absolute atomic E-state index is 0.210. The van der Waals surface area contributed by atoms with Crippen LogP contribution in [0.2, 0.25) is 0 Å². The molecule has 1 aliphatic carbocycles. The Kier molecular flexibility index (Phi) is 8.86. The maximum Gasteiger partial charge on any atom is 0.311 e. The normalized spacial score (nSPS) is 15.5. The fourth-order valence-electron chi connectivity index (χ4n) is 5.69. The van der Waals surface area contributed by atoms with E-state index in [0.717, 1.165) is 44.7 Å². The third kappa shape index (κ3) is 7.08. The number of halogens is 1. The van der Waals surface area contributed by atoms with Crippen LogP contribution in [0.4, 0.5) is 10.1 Å².